The maximum atomic E-state index is 5.86. The Bertz CT molecular complexity index is 751. The number of nitrogens with one attached hydrogen (secondary N) is 1. The second-order valence-corrected chi connectivity index (χ2v) is 5.14. The number of furan rings is 1. The lowest BCUT2D eigenvalue weighted by Gasteiger charge is -2.14. The molecule has 4 heteroatoms. The highest BCUT2D eigenvalue weighted by atomic mass is 35.5. The number of hydrogen-bond acceptors (Lipinski definition) is 3. The van der Waals surface area contributed by atoms with Crippen LogP contribution in [0.1, 0.15) is 23.1 Å². The number of rotatable bonds is 3. The van der Waals surface area contributed by atoms with Crippen LogP contribution in [-0.4, -0.2) is 12.0 Å². The Labute approximate surface area is 122 Å². The summed E-state index contributed by atoms with van der Waals surface area (Å²) in [5.74, 6) is 0.803. The standard InChI is InChI=1S/C16H15ClN2O/c1-10-3-4-11-9-12(5-6-13(11)19-10)16(18-2)14-7-8-15(17)20-14/h3-9,16,18H,1-2H3. The van der Waals surface area contributed by atoms with E-state index in [2.05, 4.69) is 28.5 Å². The number of hydrogen-bond donors (Lipinski definition) is 1. The first-order valence-corrected chi connectivity index (χ1v) is 6.85. The fourth-order valence-electron chi connectivity index (χ4n) is 2.38. The van der Waals surface area contributed by atoms with Crippen LogP contribution in [0.2, 0.25) is 5.22 Å². The molecule has 0 aliphatic carbocycles. The first kappa shape index (κ1) is 13.2. The first-order chi connectivity index (χ1) is 9.67. The summed E-state index contributed by atoms with van der Waals surface area (Å²) in [6, 6.07) is 14.0. The molecule has 0 radical (unpaired) electrons. The van der Waals surface area contributed by atoms with Gasteiger partial charge in [0.1, 0.15) is 5.76 Å². The molecule has 2 heterocycles. The van der Waals surface area contributed by atoms with Gasteiger partial charge in [-0.3, -0.25) is 4.98 Å². The van der Waals surface area contributed by atoms with Gasteiger partial charge >= 0.3 is 0 Å². The van der Waals surface area contributed by atoms with E-state index < -0.39 is 0 Å². The summed E-state index contributed by atoms with van der Waals surface area (Å²) in [4.78, 5) is 4.51. The van der Waals surface area contributed by atoms with Crippen molar-refractivity contribution in [1.82, 2.24) is 10.3 Å². The predicted octanol–water partition coefficient (Wildman–Crippen LogP) is 4.10. The summed E-state index contributed by atoms with van der Waals surface area (Å²) in [5, 5.41) is 4.77. The van der Waals surface area contributed by atoms with Gasteiger partial charge in [-0.2, -0.15) is 0 Å². The Morgan fingerprint density at radius 1 is 1.15 bits per heavy atom. The van der Waals surface area contributed by atoms with Crippen molar-refractivity contribution in [3.8, 4) is 0 Å². The van der Waals surface area contributed by atoms with Gasteiger partial charge < -0.3 is 9.73 Å². The third-order valence-electron chi connectivity index (χ3n) is 3.35. The van der Waals surface area contributed by atoms with Crippen molar-refractivity contribution in [3.05, 3.63) is 64.7 Å². The molecule has 102 valence electrons. The fourth-order valence-corrected chi connectivity index (χ4v) is 2.53. The lowest BCUT2D eigenvalue weighted by atomic mass is 10.0. The molecule has 3 rings (SSSR count). The van der Waals surface area contributed by atoms with Gasteiger partial charge in [0, 0.05) is 11.1 Å². The Hall–Kier alpha value is -1.84. The lowest BCUT2D eigenvalue weighted by Crippen LogP contribution is -2.16. The quantitative estimate of drug-likeness (QED) is 0.788. The summed E-state index contributed by atoms with van der Waals surface area (Å²) < 4.78 is 5.51. The minimum Gasteiger partial charge on any atom is -0.448 e. The van der Waals surface area contributed by atoms with E-state index >= 15 is 0 Å². The molecule has 20 heavy (non-hydrogen) atoms. The van der Waals surface area contributed by atoms with Crippen LogP contribution in [0.4, 0.5) is 0 Å². The van der Waals surface area contributed by atoms with E-state index in [0.717, 1.165) is 27.9 Å². The zero-order chi connectivity index (χ0) is 14.1. The van der Waals surface area contributed by atoms with E-state index in [1.54, 1.807) is 6.07 Å². The van der Waals surface area contributed by atoms with Crippen molar-refractivity contribution < 1.29 is 4.42 Å². The number of aromatic nitrogens is 1. The first-order valence-electron chi connectivity index (χ1n) is 6.47. The Morgan fingerprint density at radius 2 is 2.00 bits per heavy atom. The smallest absolute Gasteiger partial charge is 0.193 e. The van der Waals surface area contributed by atoms with Crippen LogP contribution in [0.3, 0.4) is 0 Å². The van der Waals surface area contributed by atoms with Crippen molar-refractivity contribution >= 4 is 22.5 Å². The van der Waals surface area contributed by atoms with Crippen LogP contribution in [0, 0.1) is 6.92 Å². The molecule has 2 aromatic heterocycles. The van der Waals surface area contributed by atoms with Crippen LogP contribution in [0.15, 0.2) is 46.9 Å². The minimum absolute atomic E-state index is 0.0202. The summed E-state index contributed by atoms with van der Waals surface area (Å²) in [6.07, 6.45) is 0. The number of benzene rings is 1. The van der Waals surface area contributed by atoms with Gasteiger partial charge in [-0.1, -0.05) is 12.1 Å². The van der Waals surface area contributed by atoms with Gasteiger partial charge in [0.25, 0.3) is 0 Å². The molecule has 1 N–H and O–H groups in total. The molecule has 3 aromatic rings. The monoisotopic (exact) mass is 286 g/mol. The Kier molecular flexibility index (Phi) is 3.47. The molecule has 0 aliphatic rings. The Balaban J connectivity index is 2.05. The molecule has 1 atom stereocenters. The van der Waals surface area contributed by atoms with Crippen LogP contribution in [0.5, 0.6) is 0 Å². The molecule has 3 nitrogen and oxygen atoms in total. The second kappa shape index (κ2) is 5.27. The summed E-state index contributed by atoms with van der Waals surface area (Å²) in [7, 11) is 1.90. The average Bonchev–Trinajstić information content (AvgIpc) is 2.86. The molecule has 1 aromatic carbocycles. The van der Waals surface area contributed by atoms with Gasteiger partial charge in [-0.25, -0.2) is 0 Å². The van der Waals surface area contributed by atoms with Crippen LogP contribution in [0.25, 0.3) is 10.9 Å². The molecule has 0 fully saturated rings. The molecule has 0 saturated carbocycles. The molecule has 0 bridgehead atoms. The molecule has 0 saturated heterocycles. The second-order valence-electron chi connectivity index (χ2n) is 4.77. The highest BCUT2D eigenvalue weighted by Crippen LogP contribution is 2.27. The predicted molar refractivity (Wildman–Crippen MR) is 81.1 cm³/mol. The average molecular weight is 287 g/mol. The number of nitrogens with zero attached hydrogens (tertiary/aromatic N) is 1. The highest BCUT2D eigenvalue weighted by Gasteiger charge is 2.16. The van der Waals surface area contributed by atoms with E-state index in [0.29, 0.717) is 5.22 Å². The zero-order valence-electron chi connectivity index (χ0n) is 11.4. The third-order valence-corrected chi connectivity index (χ3v) is 3.56. The van der Waals surface area contributed by atoms with Gasteiger partial charge in [-0.05, 0) is 61.5 Å². The highest BCUT2D eigenvalue weighted by molar-refractivity contribution is 6.28. The maximum Gasteiger partial charge on any atom is 0.193 e. The fraction of sp³-hybridized carbons (Fsp3) is 0.188. The van der Waals surface area contributed by atoms with Crippen LogP contribution < -0.4 is 5.32 Å². The molecule has 1 unspecified atom stereocenters. The normalized spacial score (nSPS) is 12.8. The van der Waals surface area contributed by atoms with Crippen molar-refractivity contribution in [3.63, 3.8) is 0 Å². The van der Waals surface area contributed by atoms with E-state index in [9.17, 15) is 0 Å². The van der Waals surface area contributed by atoms with Gasteiger partial charge in [0.15, 0.2) is 5.22 Å². The largest absolute Gasteiger partial charge is 0.448 e. The van der Waals surface area contributed by atoms with Crippen molar-refractivity contribution in [2.75, 3.05) is 7.05 Å². The van der Waals surface area contributed by atoms with Gasteiger partial charge in [0.2, 0.25) is 0 Å². The number of pyridine rings is 1. The van der Waals surface area contributed by atoms with E-state index in [1.807, 2.05) is 32.2 Å². The topological polar surface area (TPSA) is 38.1 Å². The third kappa shape index (κ3) is 2.42. The molecular formula is C16H15ClN2O. The summed E-state index contributed by atoms with van der Waals surface area (Å²) >= 11 is 5.86. The lowest BCUT2D eigenvalue weighted by molar-refractivity contribution is 0.465. The van der Waals surface area contributed by atoms with Crippen molar-refractivity contribution in [2.45, 2.75) is 13.0 Å². The van der Waals surface area contributed by atoms with E-state index in [-0.39, 0.29) is 6.04 Å². The van der Waals surface area contributed by atoms with E-state index in [4.69, 9.17) is 16.0 Å². The van der Waals surface area contributed by atoms with Crippen LogP contribution in [-0.2, 0) is 0 Å². The molecular weight excluding hydrogens is 272 g/mol. The minimum atomic E-state index is -0.0202. The van der Waals surface area contributed by atoms with Crippen LogP contribution >= 0.6 is 11.6 Å². The zero-order valence-corrected chi connectivity index (χ0v) is 12.1. The van der Waals surface area contributed by atoms with Gasteiger partial charge in [0.05, 0.1) is 11.6 Å². The number of halogens is 1. The van der Waals surface area contributed by atoms with Crippen molar-refractivity contribution in [1.29, 1.82) is 0 Å². The van der Waals surface area contributed by atoms with Gasteiger partial charge in [-0.15, -0.1) is 0 Å². The molecule has 0 amide bonds. The number of fused-ring (bicyclic) bond motifs is 1. The molecule has 0 spiro atoms. The van der Waals surface area contributed by atoms with Crippen molar-refractivity contribution in [2.24, 2.45) is 0 Å². The maximum absolute atomic E-state index is 5.86. The molecule has 0 aliphatic heterocycles. The summed E-state index contributed by atoms with van der Waals surface area (Å²) in [6.45, 7) is 1.99. The SMILES string of the molecule is CNC(c1ccc2nc(C)ccc2c1)c1ccc(Cl)o1. The Morgan fingerprint density at radius 3 is 2.70 bits per heavy atom. The number of aryl methyl sites for hydroxylation is 1. The summed E-state index contributed by atoms with van der Waals surface area (Å²) in [5.41, 5.74) is 3.14. The van der Waals surface area contributed by atoms with E-state index in [1.165, 1.54) is 0 Å².